The Morgan fingerprint density at radius 1 is 1.00 bits per heavy atom. The van der Waals surface area contributed by atoms with Crippen LogP contribution in [0.4, 0.5) is 30.4 Å². The zero-order valence-electron chi connectivity index (χ0n) is 14.7. The van der Waals surface area contributed by atoms with Crippen LogP contribution in [0.3, 0.4) is 0 Å². The van der Waals surface area contributed by atoms with Gasteiger partial charge in [0.1, 0.15) is 11.6 Å². The number of methoxy groups -OCH3 is 1. The Morgan fingerprint density at radius 2 is 1.68 bits per heavy atom. The number of hydrogen-bond donors (Lipinski definition) is 2. The van der Waals surface area contributed by atoms with Crippen molar-refractivity contribution < 1.29 is 22.7 Å². The van der Waals surface area contributed by atoms with Crippen LogP contribution in [0, 0.1) is 0 Å². The molecule has 0 unspecified atom stereocenters. The number of amides is 1. The topological polar surface area (TPSA) is 63.2 Å². The molecule has 8 heteroatoms. The molecule has 28 heavy (non-hydrogen) atoms. The molecule has 3 aromatic rings. The Bertz CT molecular complexity index is 990. The van der Waals surface area contributed by atoms with E-state index in [1.54, 1.807) is 24.3 Å². The van der Waals surface area contributed by atoms with Crippen LogP contribution < -0.4 is 15.4 Å². The summed E-state index contributed by atoms with van der Waals surface area (Å²) in [6.07, 6.45) is -3.17. The first-order valence-corrected chi connectivity index (χ1v) is 8.22. The van der Waals surface area contributed by atoms with Gasteiger partial charge in [0.15, 0.2) is 0 Å². The van der Waals surface area contributed by atoms with Crippen molar-refractivity contribution in [3.05, 3.63) is 78.0 Å². The summed E-state index contributed by atoms with van der Waals surface area (Å²) in [6, 6.07) is 14.8. The first kappa shape index (κ1) is 19.2. The highest BCUT2D eigenvalue weighted by Crippen LogP contribution is 2.35. The van der Waals surface area contributed by atoms with Crippen LogP contribution >= 0.6 is 0 Å². The third-order valence-corrected chi connectivity index (χ3v) is 3.87. The number of alkyl halides is 3. The summed E-state index contributed by atoms with van der Waals surface area (Å²) in [6.45, 7) is 0. The molecule has 0 fully saturated rings. The van der Waals surface area contributed by atoms with Gasteiger partial charge < -0.3 is 15.4 Å². The highest BCUT2D eigenvalue weighted by atomic mass is 19.4. The molecule has 1 amide bonds. The lowest BCUT2D eigenvalue weighted by Crippen LogP contribution is -2.13. The van der Waals surface area contributed by atoms with Crippen LogP contribution in [0.25, 0.3) is 0 Å². The molecule has 0 aliphatic rings. The van der Waals surface area contributed by atoms with Gasteiger partial charge in [0.05, 0.1) is 24.0 Å². The molecule has 1 aromatic heterocycles. The number of hydrogen-bond acceptors (Lipinski definition) is 4. The van der Waals surface area contributed by atoms with Crippen molar-refractivity contribution in [1.29, 1.82) is 0 Å². The molecule has 0 aliphatic heterocycles. The van der Waals surface area contributed by atoms with Gasteiger partial charge >= 0.3 is 6.18 Å². The van der Waals surface area contributed by atoms with Crippen LogP contribution in [0.5, 0.6) is 5.75 Å². The lowest BCUT2D eigenvalue weighted by atomic mass is 10.1. The summed E-state index contributed by atoms with van der Waals surface area (Å²) >= 11 is 0. The largest absolute Gasteiger partial charge is 0.495 e. The molecule has 5 nitrogen and oxygen atoms in total. The predicted molar refractivity (Wildman–Crippen MR) is 99.9 cm³/mol. The number of benzene rings is 2. The maximum Gasteiger partial charge on any atom is 0.418 e. The van der Waals surface area contributed by atoms with Gasteiger partial charge in [-0.3, -0.25) is 4.79 Å². The van der Waals surface area contributed by atoms with Gasteiger partial charge in [0.2, 0.25) is 0 Å². The number of ether oxygens (including phenoxy) is 1. The van der Waals surface area contributed by atoms with E-state index in [0.29, 0.717) is 11.4 Å². The summed E-state index contributed by atoms with van der Waals surface area (Å²) in [5, 5.41) is 5.33. The number of para-hydroxylation sites is 3. The monoisotopic (exact) mass is 387 g/mol. The van der Waals surface area contributed by atoms with Crippen LogP contribution in [0.15, 0.2) is 66.9 Å². The molecule has 0 saturated carbocycles. The van der Waals surface area contributed by atoms with E-state index in [9.17, 15) is 18.0 Å². The molecule has 0 saturated heterocycles. The van der Waals surface area contributed by atoms with E-state index in [1.807, 2.05) is 0 Å². The number of pyridine rings is 1. The average Bonchev–Trinajstić information content (AvgIpc) is 2.68. The van der Waals surface area contributed by atoms with Crippen molar-refractivity contribution in [2.45, 2.75) is 6.18 Å². The van der Waals surface area contributed by atoms with E-state index < -0.39 is 17.6 Å². The van der Waals surface area contributed by atoms with Crippen molar-refractivity contribution in [1.82, 2.24) is 4.98 Å². The fourth-order valence-electron chi connectivity index (χ4n) is 2.56. The van der Waals surface area contributed by atoms with Gasteiger partial charge in [-0.05, 0) is 36.4 Å². The Labute approximate surface area is 159 Å². The molecular weight excluding hydrogens is 371 g/mol. The predicted octanol–water partition coefficient (Wildman–Crippen LogP) is 5.10. The number of halogens is 3. The minimum atomic E-state index is -4.51. The number of aromatic nitrogens is 1. The first-order chi connectivity index (χ1) is 13.4. The number of rotatable bonds is 5. The van der Waals surface area contributed by atoms with Crippen molar-refractivity contribution in [2.24, 2.45) is 0 Å². The standard InChI is InChI=1S/C20H16F3N3O2/c1-28-17-9-5-4-8-16(17)26-19(27)13-10-11-24-18(12-13)25-15-7-3-2-6-14(15)20(21,22)23/h2-12H,1H3,(H,24,25)(H,26,27). The van der Waals surface area contributed by atoms with Crippen LogP contribution in [0.2, 0.25) is 0 Å². The third-order valence-electron chi connectivity index (χ3n) is 3.87. The van der Waals surface area contributed by atoms with Crippen LogP contribution in [-0.2, 0) is 6.18 Å². The minimum Gasteiger partial charge on any atom is -0.495 e. The summed E-state index contributed by atoms with van der Waals surface area (Å²) in [5.41, 5.74) is -0.262. The van der Waals surface area contributed by atoms with Crippen LogP contribution in [0.1, 0.15) is 15.9 Å². The van der Waals surface area contributed by atoms with E-state index in [2.05, 4.69) is 15.6 Å². The zero-order valence-corrected chi connectivity index (χ0v) is 14.7. The molecule has 144 valence electrons. The van der Waals surface area contributed by atoms with Crippen LogP contribution in [-0.4, -0.2) is 18.0 Å². The van der Waals surface area contributed by atoms with E-state index in [-0.39, 0.29) is 17.1 Å². The molecular formula is C20H16F3N3O2. The second kappa shape index (κ2) is 7.99. The summed E-state index contributed by atoms with van der Waals surface area (Å²) in [7, 11) is 1.48. The lowest BCUT2D eigenvalue weighted by molar-refractivity contribution is -0.136. The Kier molecular flexibility index (Phi) is 5.49. The normalized spacial score (nSPS) is 11.0. The minimum absolute atomic E-state index is 0.115. The fraction of sp³-hybridized carbons (Fsp3) is 0.100. The molecule has 2 aromatic carbocycles. The second-order valence-electron chi connectivity index (χ2n) is 5.75. The van der Waals surface area contributed by atoms with Gasteiger partial charge in [-0.15, -0.1) is 0 Å². The van der Waals surface area contributed by atoms with Crippen molar-refractivity contribution in [3.8, 4) is 5.75 Å². The Balaban J connectivity index is 1.83. The molecule has 1 heterocycles. The fourth-order valence-corrected chi connectivity index (χ4v) is 2.56. The number of anilines is 3. The van der Waals surface area contributed by atoms with Gasteiger partial charge in [0.25, 0.3) is 5.91 Å². The number of carbonyl (C=O) groups is 1. The zero-order chi connectivity index (χ0) is 20.1. The number of nitrogens with one attached hydrogen (secondary N) is 2. The van der Waals surface area contributed by atoms with E-state index in [0.717, 1.165) is 6.07 Å². The quantitative estimate of drug-likeness (QED) is 0.639. The summed E-state index contributed by atoms with van der Waals surface area (Å²) in [5.74, 6) is 0.158. The van der Waals surface area contributed by atoms with Gasteiger partial charge in [-0.2, -0.15) is 13.2 Å². The molecule has 2 N–H and O–H groups in total. The Morgan fingerprint density at radius 3 is 2.39 bits per heavy atom. The van der Waals surface area contributed by atoms with Gasteiger partial charge in [0, 0.05) is 11.8 Å². The third kappa shape index (κ3) is 4.40. The first-order valence-electron chi connectivity index (χ1n) is 8.22. The maximum absolute atomic E-state index is 13.1. The lowest BCUT2D eigenvalue weighted by Gasteiger charge is -2.14. The second-order valence-corrected chi connectivity index (χ2v) is 5.75. The molecule has 3 rings (SSSR count). The van der Waals surface area contributed by atoms with Crippen molar-refractivity contribution in [3.63, 3.8) is 0 Å². The van der Waals surface area contributed by atoms with Gasteiger partial charge in [-0.25, -0.2) is 4.98 Å². The number of nitrogens with zero attached hydrogens (tertiary/aromatic N) is 1. The SMILES string of the molecule is COc1ccccc1NC(=O)c1ccnc(Nc2ccccc2C(F)(F)F)c1. The highest BCUT2D eigenvalue weighted by Gasteiger charge is 2.33. The summed E-state index contributed by atoms with van der Waals surface area (Å²) in [4.78, 5) is 16.5. The smallest absolute Gasteiger partial charge is 0.418 e. The summed E-state index contributed by atoms with van der Waals surface area (Å²) < 4.78 is 44.6. The molecule has 0 aliphatic carbocycles. The molecule has 0 radical (unpaired) electrons. The van der Waals surface area contributed by atoms with Crippen molar-refractivity contribution in [2.75, 3.05) is 17.7 Å². The Hall–Kier alpha value is -3.55. The van der Waals surface area contributed by atoms with E-state index in [4.69, 9.17) is 4.74 Å². The molecule has 0 atom stereocenters. The van der Waals surface area contributed by atoms with Crippen molar-refractivity contribution >= 4 is 23.1 Å². The number of carbonyl (C=O) groups excluding carboxylic acids is 1. The maximum atomic E-state index is 13.1. The molecule has 0 bridgehead atoms. The molecule has 0 spiro atoms. The van der Waals surface area contributed by atoms with E-state index >= 15 is 0 Å². The van der Waals surface area contributed by atoms with Gasteiger partial charge in [-0.1, -0.05) is 24.3 Å². The van der Waals surface area contributed by atoms with E-state index in [1.165, 1.54) is 43.6 Å². The average molecular weight is 387 g/mol. The highest BCUT2D eigenvalue weighted by molar-refractivity contribution is 6.05.